The van der Waals surface area contributed by atoms with E-state index in [1.807, 2.05) is 6.07 Å². The Morgan fingerprint density at radius 1 is 1.59 bits per heavy atom. The maximum Gasteiger partial charge on any atom is 0.259 e. The molecule has 0 aliphatic rings. The second-order valence-corrected chi connectivity index (χ2v) is 3.85. The van der Waals surface area contributed by atoms with Crippen molar-refractivity contribution >= 4 is 23.2 Å². The van der Waals surface area contributed by atoms with Crippen LogP contribution in [0.25, 0.3) is 0 Å². The summed E-state index contributed by atoms with van der Waals surface area (Å²) in [6.45, 7) is 1.29. The van der Waals surface area contributed by atoms with Crippen LogP contribution in [0.1, 0.15) is 12.5 Å². The van der Waals surface area contributed by atoms with Crippen molar-refractivity contribution in [3.8, 4) is 0 Å². The molecule has 1 amide bonds. The third kappa shape index (κ3) is 3.81. The van der Waals surface area contributed by atoms with E-state index in [9.17, 15) is 4.79 Å². The highest BCUT2D eigenvalue weighted by Gasteiger charge is 2.11. The van der Waals surface area contributed by atoms with Gasteiger partial charge < -0.3 is 10.8 Å². The Balaban J connectivity index is 2.74. The summed E-state index contributed by atoms with van der Waals surface area (Å²) >= 11 is 5.97. The van der Waals surface area contributed by atoms with E-state index in [0.29, 0.717) is 10.7 Å². The van der Waals surface area contributed by atoms with Crippen LogP contribution in [-0.2, 0) is 4.79 Å². The minimum atomic E-state index is -0.974. The van der Waals surface area contributed by atoms with Crippen LogP contribution in [-0.4, -0.2) is 29.4 Å². The molecule has 0 saturated carbocycles. The van der Waals surface area contributed by atoms with Gasteiger partial charge in [0.25, 0.3) is 5.91 Å². The maximum atomic E-state index is 11.3. The molecule has 1 unspecified atom stereocenters. The van der Waals surface area contributed by atoms with Gasteiger partial charge in [-0.05, 0) is 13.0 Å². The zero-order valence-electron chi connectivity index (χ0n) is 9.35. The summed E-state index contributed by atoms with van der Waals surface area (Å²) in [7, 11) is 0. The van der Waals surface area contributed by atoms with Crippen LogP contribution in [0, 0.1) is 0 Å². The van der Waals surface area contributed by atoms with Gasteiger partial charge in [0, 0.05) is 10.6 Å². The summed E-state index contributed by atoms with van der Waals surface area (Å²) in [6, 6.07) is 6.18. The first-order valence-corrected chi connectivity index (χ1v) is 5.39. The largest absolute Gasteiger partial charge is 0.394 e. The van der Waals surface area contributed by atoms with E-state index in [0.717, 1.165) is 5.56 Å². The molecule has 0 aromatic heterocycles. The van der Waals surface area contributed by atoms with Crippen LogP contribution in [0.2, 0.25) is 5.02 Å². The number of carbonyl (C=O) groups excluding carboxylic acids is 1. The Morgan fingerprint density at radius 2 is 2.24 bits per heavy atom. The third-order valence-corrected chi connectivity index (χ3v) is 2.46. The van der Waals surface area contributed by atoms with Crippen LogP contribution in [0.4, 0.5) is 0 Å². The minimum absolute atomic E-state index is 0.424. The zero-order valence-corrected chi connectivity index (χ0v) is 10.1. The quantitative estimate of drug-likeness (QED) is 0.541. The standard InChI is InChI=1S/C11H14ClN3O2/c1-7(8-4-2-3-5-9(8)12)14-15-11(17)10(13)6-16/h2-5,10,16H,6,13H2,1H3,(H,15,17)/b14-7-. The monoisotopic (exact) mass is 255 g/mol. The van der Waals surface area contributed by atoms with Gasteiger partial charge in [-0.25, -0.2) is 5.43 Å². The molecule has 1 atom stereocenters. The van der Waals surface area contributed by atoms with E-state index in [1.165, 1.54) is 0 Å². The second-order valence-electron chi connectivity index (χ2n) is 3.44. The number of rotatable bonds is 4. The van der Waals surface area contributed by atoms with Crippen molar-refractivity contribution in [1.29, 1.82) is 0 Å². The number of aliphatic hydroxyl groups is 1. The van der Waals surface area contributed by atoms with Gasteiger partial charge in [0.05, 0.1) is 12.3 Å². The van der Waals surface area contributed by atoms with Crippen LogP contribution in [0.15, 0.2) is 29.4 Å². The molecule has 92 valence electrons. The molecule has 1 aromatic carbocycles. The number of carbonyl (C=O) groups is 1. The number of amides is 1. The van der Waals surface area contributed by atoms with E-state index < -0.39 is 18.6 Å². The number of hydrogen-bond donors (Lipinski definition) is 3. The molecule has 6 heteroatoms. The molecule has 1 aromatic rings. The average Bonchev–Trinajstić information content (AvgIpc) is 2.35. The number of halogens is 1. The summed E-state index contributed by atoms with van der Waals surface area (Å²) in [5, 5.41) is 13.1. The third-order valence-electron chi connectivity index (χ3n) is 2.13. The van der Waals surface area contributed by atoms with Crippen molar-refractivity contribution in [3.63, 3.8) is 0 Å². The Labute approximate surface area is 104 Å². The Morgan fingerprint density at radius 3 is 2.82 bits per heavy atom. The topological polar surface area (TPSA) is 87.7 Å². The summed E-state index contributed by atoms with van der Waals surface area (Å²) in [5.74, 6) is -0.543. The number of nitrogens with two attached hydrogens (primary N) is 1. The van der Waals surface area contributed by atoms with Crippen LogP contribution >= 0.6 is 11.6 Å². The van der Waals surface area contributed by atoms with Gasteiger partial charge in [-0.1, -0.05) is 29.8 Å². The molecule has 0 aliphatic carbocycles. The maximum absolute atomic E-state index is 11.3. The number of hydrazone groups is 1. The molecule has 0 spiro atoms. The molecule has 0 saturated heterocycles. The SMILES string of the molecule is C/C(=N/NC(=O)C(N)CO)c1ccccc1Cl. The Kier molecular flexibility index (Phi) is 5.09. The van der Waals surface area contributed by atoms with Crippen molar-refractivity contribution in [2.75, 3.05) is 6.61 Å². The van der Waals surface area contributed by atoms with Gasteiger partial charge in [0.2, 0.25) is 0 Å². The highest BCUT2D eigenvalue weighted by molar-refractivity contribution is 6.34. The number of hydrogen-bond acceptors (Lipinski definition) is 4. The fraction of sp³-hybridized carbons (Fsp3) is 0.273. The second kappa shape index (κ2) is 6.34. The first-order valence-electron chi connectivity index (χ1n) is 5.01. The van der Waals surface area contributed by atoms with Crippen molar-refractivity contribution < 1.29 is 9.90 Å². The Bertz CT molecular complexity index is 434. The molecule has 17 heavy (non-hydrogen) atoms. The summed E-state index contributed by atoms with van der Waals surface area (Å²) < 4.78 is 0. The van der Waals surface area contributed by atoms with E-state index in [2.05, 4.69) is 10.5 Å². The minimum Gasteiger partial charge on any atom is -0.394 e. The number of benzene rings is 1. The normalized spacial score (nSPS) is 13.3. The van der Waals surface area contributed by atoms with E-state index in [4.69, 9.17) is 22.4 Å². The Hall–Kier alpha value is -1.43. The van der Waals surface area contributed by atoms with Gasteiger partial charge in [-0.15, -0.1) is 0 Å². The van der Waals surface area contributed by atoms with Crippen LogP contribution in [0.3, 0.4) is 0 Å². The molecule has 0 fully saturated rings. The van der Waals surface area contributed by atoms with Gasteiger partial charge >= 0.3 is 0 Å². The first-order chi connectivity index (χ1) is 8.06. The summed E-state index contributed by atoms with van der Waals surface area (Å²) in [6.07, 6.45) is 0. The number of nitrogens with one attached hydrogen (secondary N) is 1. The number of nitrogens with zero attached hydrogens (tertiary/aromatic N) is 1. The zero-order chi connectivity index (χ0) is 12.8. The smallest absolute Gasteiger partial charge is 0.259 e. The summed E-state index contributed by atoms with van der Waals surface area (Å²) in [5.41, 5.74) is 8.87. The molecule has 1 rings (SSSR count). The average molecular weight is 256 g/mol. The fourth-order valence-corrected chi connectivity index (χ4v) is 1.39. The van der Waals surface area contributed by atoms with E-state index in [1.54, 1.807) is 25.1 Å². The predicted molar refractivity (Wildman–Crippen MR) is 66.9 cm³/mol. The van der Waals surface area contributed by atoms with Gasteiger partial charge in [-0.3, -0.25) is 4.79 Å². The van der Waals surface area contributed by atoms with E-state index >= 15 is 0 Å². The van der Waals surface area contributed by atoms with Gasteiger partial charge in [-0.2, -0.15) is 5.10 Å². The lowest BCUT2D eigenvalue weighted by Gasteiger charge is -2.07. The van der Waals surface area contributed by atoms with Gasteiger partial charge in [0.1, 0.15) is 6.04 Å². The lowest BCUT2D eigenvalue weighted by Crippen LogP contribution is -2.41. The lowest BCUT2D eigenvalue weighted by molar-refractivity contribution is -0.123. The molecule has 0 heterocycles. The molecular weight excluding hydrogens is 242 g/mol. The first kappa shape index (κ1) is 13.6. The van der Waals surface area contributed by atoms with Crippen molar-refractivity contribution in [2.45, 2.75) is 13.0 Å². The van der Waals surface area contributed by atoms with Gasteiger partial charge in [0.15, 0.2) is 0 Å². The molecule has 0 radical (unpaired) electrons. The fourth-order valence-electron chi connectivity index (χ4n) is 1.12. The van der Waals surface area contributed by atoms with Crippen LogP contribution < -0.4 is 11.2 Å². The van der Waals surface area contributed by atoms with Crippen molar-refractivity contribution in [2.24, 2.45) is 10.8 Å². The predicted octanol–water partition coefficient (Wildman–Crippen LogP) is 0.500. The van der Waals surface area contributed by atoms with Crippen LogP contribution in [0.5, 0.6) is 0 Å². The van der Waals surface area contributed by atoms with Crippen molar-refractivity contribution in [3.05, 3.63) is 34.9 Å². The van der Waals surface area contributed by atoms with E-state index in [-0.39, 0.29) is 0 Å². The lowest BCUT2D eigenvalue weighted by atomic mass is 10.1. The molecule has 0 aliphatic heterocycles. The highest BCUT2D eigenvalue weighted by atomic mass is 35.5. The molecular formula is C11H14ClN3O2. The molecule has 4 N–H and O–H groups in total. The molecule has 0 bridgehead atoms. The molecule has 5 nitrogen and oxygen atoms in total. The summed E-state index contributed by atoms with van der Waals surface area (Å²) in [4.78, 5) is 11.3. The van der Waals surface area contributed by atoms with Crippen molar-refractivity contribution in [1.82, 2.24) is 5.43 Å². The number of aliphatic hydroxyl groups excluding tert-OH is 1. The highest BCUT2D eigenvalue weighted by Crippen LogP contribution is 2.15.